The first kappa shape index (κ1) is 27.9. The topological polar surface area (TPSA) is 58.5 Å². The molecule has 1 aromatic carbocycles. The van der Waals surface area contributed by atoms with Crippen LogP contribution in [0.3, 0.4) is 0 Å². The number of hydrogen-bond donors (Lipinski definition) is 1. The number of halogens is 1. The quantitative estimate of drug-likeness (QED) is 0.362. The van der Waals surface area contributed by atoms with Crippen molar-refractivity contribution < 1.29 is 14.0 Å². The normalized spacial score (nSPS) is 26.4. The van der Waals surface area contributed by atoms with Crippen molar-refractivity contribution in [1.29, 1.82) is 0 Å². The van der Waals surface area contributed by atoms with Gasteiger partial charge < -0.3 is 5.32 Å². The Labute approximate surface area is 237 Å². The lowest BCUT2D eigenvalue weighted by Gasteiger charge is -2.20. The second kappa shape index (κ2) is 13.2. The molecule has 2 atom stereocenters. The highest BCUT2D eigenvalue weighted by atomic mass is 19.1. The van der Waals surface area contributed by atoms with E-state index in [-0.39, 0.29) is 17.6 Å². The van der Waals surface area contributed by atoms with Gasteiger partial charge in [-0.25, -0.2) is 4.39 Å². The van der Waals surface area contributed by atoms with Gasteiger partial charge in [-0.15, -0.1) is 0 Å². The predicted octanol–water partition coefficient (Wildman–Crippen LogP) is 7.68. The number of ketones is 1. The van der Waals surface area contributed by atoms with Crippen molar-refractivity contribution in [2.75, 3.05) is 6.54 Å². The fourth-order valence-electron chi connectivity index (χ4n) is 6.20. The van der Waals surface area contributed by atoms with Gasteiger partial charge in [0, 0.05) is 36.9 Å². The highest BCUT2D eigenvalue weighted by molar-refractivity contribution is 5.99. The van der Waals surface area contributed by atoms with Crippen molar-refractivity contribution >= 4 is 23.0 Å². The Hall–Kier alpha value is -3.60. The molecule has 1 fully saturated rings. The van der Waals surface area contributed by atoms with Gasteiger partial charge in [-0.3, -0.25) is 14.6 Å². The average Bonchev–Trinajstić information content (AvgIpc) is 3.26. The van der Waals surface area contributed by atoms with Crippen molar-refractivity contribution in [2.24, 2.45) is 16.8 Å². The third-order valence-electron chi connectivity index (χ3n) is 8.37. The van der Waals surface area contributed by atoms with Crippen LogP contribution in [0.1, 0.15) is 75.3 Å². The van der Waals surface area contributed by atoms with Crippen LogP contribution in [0.15, 0.2) is 88.6 Å². The number of Topliss-reactive ketones (excluding diaryl/α,β-unsaturated/α-hetero) is 1. The highest BCUT2D eigenvalue weighted by Gasteiger charge is 2.23. The molecule has 0 spiro atoms. The smallest absolute Gasteiger partial charge is 0.248 e. The van der Waals surface area contributed by atoms with Gasteiger partial charge in [-0.05, 0) is 116 Å². The van der Waals surface area contributed by atoms with Crippen LogP contribution >= 0.6 is 0 Å². The number of nitrogens with zero attached hydrogens (tertiary/aromatic N) is 1. The molecule has 2 unspecified atom stereocenters. The minimum absolute atomic E-state index is 0.0492. The summed E-state index contributed by atoms with van der Waals surface area (Å²) >= 11 is 0. The summed E-state index contributed by atoms with van der Waals surface area (Å²) in [7, 11) is 0. The monoisotopic (exact) mass is 538 g/mol. The Bertz CT molecular complexity index is 1370. The van der Waals surface area contributed by atoms with Gasteiger partial charge in [-0.1, -0.05) is 42.5 Å². The molecule has 1 N–H and O–H groups in total. The lowest BCUT2D eigenvalue weighted by molar-refractivity contribution is -0.121. The van der Waals surface area contributed by atoms with E-state index in [1.54, 1.807) is 12.3 Å². The van der Waals surface area contributed by atoms with Crippen LogP contribution in [0.2, 0.25) is 0 Å². The number of allylic oxidation sites excluding steroid dienone is 10. The zero-order chi connectivity index (χ0) is 27.9. The Morgan fingerprint density at radius 1 is 1.10 bits per heavy atom. The van der Waals surface area contributed by atoms with E-state index in [1.807, 2.05) is 19.1 Å². The van der Waals surface area contributed by atoms with Crippen LogP contribution in [0.25, 0.3) is 5.57 Å². The zero-order valence-corrected chi connectivity index (χ0v) is 23.4. The molecule has 5 rings (SSSR count). The molecule has 2 bridgehead atoms. The first-order valence-corrected chi connectivity index (χ1v) is 14.7. The average molecular weight is 539 g/mol. The maximum absolute atomic E-state index is 14.1. The van der Waals surface area contributed by atoms with E-state index in [9.17, 15) is 14.0 Å². The van der Waals surface area contributed by atoms with E-state index >= 15 is 0 Å². The Kier molecular flexibility index (Phi) is 9.20. The van der Waals surface area contributed by atoms with E-state index in [0.29, 0.717) is 42.2 Å². The number of carbonyl (C=O) groups is 2. The molecule has 0 saturated heterocycles. The van der Waals surface area contributed by atoms with Gasteiger partial charge in [-0.2, -0.15) is 0 Å². The summed E-state index contributed by atoms with van der Waals surface area (Å²) in [6.45, 7) is 2.43. The first-order valence-electron chi connectivity index (χ1n) is 14.7. The minimum atomic E-state index is -0.189. The number of carbonyl (C=O) groups excluding carboxylic acids is 2. The summed E-state index contributed by atoms with van der Waals surface area (Å²) in [5.74, 6) is 0.761. The molecular formula is C35H39FN2O2. The van der Waals surface area contributed by atoms with Crippen LogP contribution in [0.4, 0.5) is 4.39 Å². The van der Waals surface area contributed by atoms with Crippen molar-refractivity contribution in [3.05, 3.63) is 101 Å². The van der Waals surface area contributed by atoms with E-state index in [0.717, 1.165) is 73.8 Å². The molecule has 40 heavy (non-hydrogen) atoms. The molecule has 1 aliphatic heterocycles. The van der Waals surface area contributed by atoms with Gasteiger partial charge in [0.15, 0.2) is 0 Å². The summed E-state index contributed by atoms with van der Waals surface area (Å²) in [4.78, 5) is 29.5. The fourth-order valence-corrected chi connectivity index (χ4v) is 6.20. The molecule has 4 aliphatic rings. The lowest BCUT2D eigenvalue weighted by atomic mass is 9.85. The second-order valence-corrected chi connectivity index (χ2v) is 11.5. The maximum Gasteiger partial charge on any atom is 0.248 e. The summed E-state index contributed by atoms with van der Waals surface area (Å²) in [6.07, 6.45) is 25.3. The van der Waals surface area contributed by atoms with Crippen LogP contribution < -0.4 is 5.32 Å². The van der Waals surface area contributed by atoms with Crippen LogP contribution in [0, 0.1) is 24.6 Å². The summed E-state index contributed by atoms with van der Waals surface area (Å²) in [5.41, 5.74) is 6.81. The number of benzene rings is 1. The fraction of sp³-hybridized carbons (Fsp3) is 0.400. The molecular weight excluding hydrogens is 499 g/mol. The summed E-state index contributed by atoms with van der Waals surface area (Å²) in [6, 6.07) is 5.37. The molecule has 3 aliphatic carbocycles. The summed E-state index contributed by atoms with van der Waals surface area (Å²) in [5, 5.41) is 3.10. The predicted molar refractivity (Wildman–Crippen MR) is 160 cm³/mol. The largest absolute Gasteiger partial charge is 0.352 e. The zero-order valence-electron chi connectivity index (χ0n) is 23.4. The number of aliphatic imine (C=N–C) groups is 1. The molecule has 1 aromatic rings. The second-order valence-electron chi connectivity index (χ2n) is 11.5. The first-order chi connectivity index (χ1) is 19.5. The maximum atomic E-state index is 14.1. The molecule has 0 aromatic heterocycles. The SMILES string of the molecule is Cc1cc(/C2=C(C3=CC4CC(C(=O)NCCCC5CCCC(=O)C5)=CN=C(C=C3)C4)/C=C\C=C/CC2)ccc1F. The van der Waals surface area contributed by atoms with Gasteiger partial charge in [0.25, 0.3) is 0 Å². The Balaban J connectivity index is 1.31. The Morgan fingerprint density at radius 3 is 2.85 bits per heavy atom. The van der Waals surface area contributed by atoms with E-state index in [1.165, 1.54) is 5.57 Å². The molecule has 1 saturated carbocycles. The highest BCUT2D eigenvalue weighted by Crippen LogP contribution is 2.35. The number of fused-ring (bicyclic) bond motifs is 2. The molecule has 1 heterocycles. The number of rotatable bonds is 7. The molecule has 0 radical (unpaired) electrons. The van der Waals surface area contributed by atoms with E-state index < -0.39 is 0 Å². The van der Waals surface area contributed by atoms with Gasteiger partial charge >= 0.3 is 0 Å². The van der Waals surface area contributed by atoms with Gasteiger partial charge in [0.2, 0.25) is 5.91 Å². The summed E-state index contributed by atoms with van der Waals surface area (Å²) < 4.78 is 14.1. The van der Waals surface area contributed by atoms with Crippen LogP contribution in [-0.2, 0) is 9.59 Å². The van der Waals surface area contributed by atoms with Crippen molar-refractivity contribution in [3.8, 4) is 0 Å². The van der Waals surface area contributed by atoms with Crippen LogP contribution in [0.5, 0.6) is 0 Å². The van der Waals surface area contributed by atoms with E-state index in [4.69, 9.17) is 0 Å². The van der Waals surface area contributed by atoms with Crippen molar-refractivity contribution in [1.82, 2.24) is 5.32 Å². The number of aryl methyl sites for hydroxylation is 1. The molecule has 4 nitrogen and oxygen atoms in total. The van der Waals surface area contributed by atoms with Crippen LogP contribution in [-0.4, -0.2) is 23.9 Å². The third-order valence-corrected chi connectivity index (χ3v) is 8.37. The molecule has 5 heteroatoms. The lowest BCUT2D eigenvalue weighted by Crippen LogP contribution is -2.27. The van der Waals surface area contributed by atoms with Crippen molar-refractivity contribution in [2.45, 2.75) is 71.1 Å². The van der Waals surface area contributed by atoms with Crippen molar-refractivity contribution in [3.63, 3.8) is 0 Å². The van der Waals surface area contributed by atoms with Gasteiger partial charge in [0.1, 0.15) is 11.6 Å². The molecule has 1 amide bonds. The number of hydrogen-bond acceptors (Lipinski definition) is 3. The number of nitrogens with one attached hydrogen (secondary N) is 1. The van der Waals surface area contributed by atoms with E-state index in [2.05, 4.69) is 52.8 Å². The third kappa shape index (κ3) is 7.12. The molecule has 208 valence electrons. The minimum Gasteiger partial charge on any atom is -0.352 e. The standard InChI is InChI=1S/C35H39FN2O2/c1-24-18-27(14-16-34(24)36)32-11-4-2-3-5-12-33(32)28-13-15-30-21-26(19-28)20-29(23-38-30)35(40)37-17-7-9-25-8-6-10-31(39)22-25/h2-3,5,12-16,18-19,23,25-26H,4,6-11,17,20-22H2,1H3,(H,37,40)/b3-2-,12-5-,33-32-. The van der Waals surface area contributed by atoms with Gasteiger partial charge in [0.05, 0.1) is 0 Å². The Morgan fingerprint density at radius 2 is 2.00 bits per heavy atom. The number of amides is 1.